The molecule has 2 aliphatic carbocycles. The zero-order valence-corrected chi connectivity index (χ0v) is 23.8. The van der Waals surface area contributed by atoms with Crippen LogP contribution in [-0.2, 0) is 12.8 Å². The van der Waals surface area contributed by atoms with Crippen LogP contribution >= 0.6 is 0 Å². The minimum atomic E-state index is 0.456. The lowest BCUT2D eigenvalue weighted by Crippen LogP contribution is -2.36. The van der Waals surface area contributed by atoms with Crippen LogP contribution in [0.2, 0.25) is 0 Å². The van der Waals surface area contributed by atoms with Gasteiger partial charge in [0.05, 0.1) is 34.2 Å². The van der Waals surface area contributed by atoms with Crippen molar-refractivity contribution < 1.29 is 0 Å². The average Bonchev–Trinajstić information content (AvgIpc) is 3.79. The van der Waals surface area contributed by atoms with E-state index in [0.717, 1.165) is 77.5 Å². The lowest BCUT2D eigenvalue weighted by Gasteiger charge is -2.23. The number of hydrogen-bond acceptors (Lipinski definition) is 6. The molecule has 4 aliphatic rings. The molecular formula is C33H40N8. The largest absolute Gasteiger partial charge is 0.365 e. The molecule has 8 heteroatoms. The van der Waals surface area contributed by atoms with Crippen molar-refractivity contribution in [1.29, 1.82) is 0 Å². The first-order valence-electron chi connectivity index (χ1n) is 15.9. The molecule has 0 bridgehead atoms. The van der Waals surface area contributed by atoms with Gasteiger partial charge in [-0.3, -0.25) is 9.98 Å². The SMILES string of the molecule is c1cc2nc(CCCCCc3nc4ccc(C5=N[C@@H]6CCCC[C@@H]6N5)cc4[nH]3)[nH]c2cc1C1=N[C@@H]2CCCC[C@@H]2N1. The number of H-pyrrole nitrogens is 2. The molecule has 41 heavy (non-hydrogen) atoms. The first-order chi connectivity index (χ1) is 20.2. The van der Waals surface area contributed by atoms with Crippen molar-refractivity contribution >= 4 is 33.7 Å². The van der Waals surface area contributed by atoms with E-state index in [0.29, 0.717) is 24.2 Å². The second-order valence-corrected chi connectivity index (χ2v) is 12.6. The number of fused-ring (bicyclic) bond motifs is 4. The Bertz CT molecular complexity index is 1510. The van der Waals surface area contributed by atoms with Crippen molar-refractivity contribution in [2.45, 2.75) is 108 Å². The highest BCUT2D eigenvalue weighted by Gasteiger charge is 2.32. The van der Waals surface area contributed by atoms with E-state index in [1.54, 1.807) is 0 Å². The van der Waals surface area contributed by atoms with E-state index in [9.17, 15) is 0 Å². The summed E-state index contributed by atoms with van der Waals surface area (Å²) in [5, 5.41) is 7.35. The number of hydrogen-bond donors (Lipinski definition) is 4. The second kappa shape index (κ2) is 10.6. The Balaban J connectivity index is 0.846. The van der Waals surface area contributed by atoms with Crippen LogP contribution in [0, 0.1) is 0 Å². The molecule has 8 rings (SSSR count). The van der Waals surface area contributed by atoms with Gasteiger partial charge in [0, 0.05) is 36.1 Å². The Kier molecular flexibility index (Phi) is 6.49. The second-order valence-electron chi connectivity index (χ2n) is 12.6. The number of amidine groups is 2. The summed E-state index contributed by atoms with van der Waals surface area (Å²) >= 11 is 0. The van der Waals surface area contributed by atoms with E-state index < -0.39 is 0 Å². The predicted molar refractivity (Wildman–Crippen MR) is 165 cm³/mol. The summed E-state index contributed by atoms with van der Waals surface area (Å²) < 4.78 is 0. The van der Waals surface area contributed by atoms with Crippen molar-refractivity contribution in [1.82, 2.24) is 30.6 Å². The Morgan fingerprint density at radius 2 is 1.07 bits per heavy atom. The third kappa shape index (κ3) is 5.02. The minimum Gasteiger partial charge on any atom is -0.365 e. The molecule has 0 unspecified atom stereocenters. The maximum Gasteiger partial charge on any atom is 0.128 e. The molecule has 2 aliphatic heterocycles. The van der Waals surface area contributed by atoms with E-state index in [1.165, 1.54) is 62.5 Å². The summed E-state index contributed by atoms with van der Waals surface area (Å²) in [4.78, 5) is 26.8. The number of aromatic amines is 2. The fraction of sp³-hybridized carbons (Fsp3) is 0.515. The highest BCUT2D eigenvalue weighted by molar-refractivity contribution is 6.03. The number of unbranched alkanes of at least 4 members (excludes halogenated alkanes) is 2. The Morgan fingerprint density at radius 1 is 0.585 bits per heavy atom. The molecule has 2 aromatic heterocycles. The Labute approximate surface area is 241 Å². The molecule has 2 fully saturated rings. The maximum absolute atomic E-state index is 4.99. The molecule has 8 nitrogen and oxygen atoms in total. The van der Waals surface area contributed by atoms with Gasteiger partial charge in [0.25, 0.3) is 0 Å². The number of imidazole rings is 2. The van der Waals surface area contributed by atoms with Crippen molar-refractivity contribution in [3.8, 4) is 0 Å². The molecular weight excluding hydrogens is 508 g/mol. The van der Waals surface area contributed by atoms with Crippen molar-refractivity contribution in [2.75, 3.05) is 0 Å². The van der Waals surface area contributed by atoms with E-state index >= 15 is 0 Å². The Hall–Kier alpha value is -3.68. The van der Waals surface area contributed by atoms with E-state index in [2.05, 4.69) is 57.0 Å². The van der Waals surface area contributed by atoms with Crippen LogP contribution in [0.4, 0.5) is 0 Å². The number of aromatic nitrogens is 4. The average molecular weight is 549 g/mol. The van der Waals surface area contributed by atoms with Gasteiger partial charge in [-0.25, -0.2) is 9.97 Å². The molecule has 4 N–H and O–H groups in total. The highest BCUT2D eigenvalue weighted by atomic mass is 15.1. The van der Waals surface area contributed by atoms with Crippen molar-refractivity contribution in [2.24, 2.45) is 9.98 Å². The molecule has 0 spiro atoms. The van der Waals surface area contributed by atoms with E-state index in [1.807, 2.05) is 0 Å². The van der Waals surface area contributed by atoms with Crippen LogP contribution in [-0.4, -0.2) is 55.8 Å². The molecule has 2 aromatic carbocycles. The summed E-state index contributed by atoms with van der Waals surface area (Å²) in [5.41, 5.74) is 6.64. The minimum absolute atomic E-state index is 0.456. The molecule has 0 saturated heterocycles. The third-order valence-corrected chi connectivity index (χ3v) is 9.63. The van der Waals surface area contributed by atoms with Gasteiger partial charge in [-0.05, 0) is 74.9 Å². The van der Waals surface area contributed by atoms with Gasteiger partial charge in [0.15, 0.2) is 0 Å². The number of rotatable bonds is 8. The van der Waals surface area contributed by atoms with Crippen LogP contribution in [0.1, 0.15) is 93.4 Å². The summed E-state index contributed by atoms with van der Waals surface area (Å²) in [5.74, 6) is 4.27. The summed E-state index contributed by atoms with van der Waals surface area (Å²) in [6, 6.07) is 15.0. The standard InChI is InChI=1S/C33H40N8/c1(2-12-30-34-26-16-14-20(18-28(26)36-30)32-38-22-8-4-5-9-23(22)39-32)3-13-31-35-27-17-15-21(19-29(27)37-31)33-40-24-10-6-7-11-25(24)41-33/h14-19,22-25H,1-13H2,(H,34,36)(H,35,37)(H,38,39)(H,40,41)/t22-,23+,24-,25+. The van der Waals surface area contributed by atoms with Gasteiger partial charge in [-0.2, -0.15) is 0 Å². The van der Waals surface area contributed by atoms with Gasteiger partial charge in [0.2, 0.25) is 0 Å². The van der Waals surface area contributed by atoms with Gasteiger partial charge < -0.3 is 20.6 Å². The Morgan fingerprint density at radius 3 is 1.56 bits per heavy atom. The monoisotopic (exact) mass is 548 g/mol. The number of nitrogens with one attached hydrogen (secondary N) is 4. The van der Waals surface area contributed by atoms with Crippen LogP contribution in [0.15, 0.2) is 46.4 Å². The zero-order valence-electron chi connectivity index (χ0n) is 23.8. The fourth-order valence-electron chi connectivity index (χ4n) is 7.36. The fourth-order valence-corrected chi connectivity index (χ4v) is 7.36. The molecule has 4 atom stereocenters. The molecule has 212 valence electrons. The lowest BCUT2D eigenvalue weighted by atomic mass is 9.92. The first-order valence-corrected chi connectivity index (χ1v) is 15.9. The number of aryl methyl sites for hydroxylation is 2. The van der Waals surface area contributed by atoms with Gasteiger partial charge >= 0.3 is 0 Å². The number of benzene rings is 2. The summed E-state index contributed by atoms with van der Waals surface area (Å²) in [6.07, 6.45) is 15.4. The molecule has 4 heterocycles. The van der Waals surface area contributed by atoms with Gasteiger partial charge in [-0.15, -0.1) is 0 Å². The molecule has 0 amide bonds. The molecule has 0 radical (unpaired) electrons. The number of aliphatic imine (C=N–C) groups is 2. The van der Waals surface area contributed by atoms with Crippen LogP contribution in [0.3, 0.4) is 0 Å². The normalized spacial score (nSPS) is 25.5. The van der Waals surface area contributed by atoms with Crippen LogP contribution in [0.5, 0.6) is 0 Å². The maximum atomic E-state index is 4.99. The molecule has 2 saturated carbocycles. The van der Waals surface area contributed by atoms with Crippen LogP contribution in [0.25, 0.3) is 22.1 Å². The molecule has 4 aromatic rings. The lowest BCUT2D eigenvalue weighted by molar-refractivity contribution is 0.385. The van der Waals surface area contributed by atoms with Crippen LogP contribution < -0.4 is 10.6 Å². The van der Waals surface area contributed by atoms with E-state index in [-0.39, 0.29) is 0 Å². The van der Waals surface area contributed by atoms with Gasteiger partial charge in [0.1, 0.15) is 23.3 Å². The smallest absolute Gasteiger partial charge is 0.128 e. The van der Waals surface area contributed by atoms with Gasteiger partial charge in [-0.1, -0.05) is 32.1 Å². The zero-order chi connectivity index (χ0) is 27.2. The predicted octanol–water partition coefficient (Wildman–Crippen LogP) is 5.72. The quantitative estimate of drug-likeness (QED) is 0.211. The number of nitrogens with zero attached hydrogens (tertiary/aromatic N) is 4. The summed E-state index contributed by atoms with van der Waals surface area (Å²) in [6.45, 7) is 0. The third-order valence-electron chi connectivity index (χ3n) is 9.63. The van der Waals surface area contributed by atoms with E-state index in [4.69, 9.17) is 20.0 Å². The highest BCUT2D eigenvalue weighted by Crippen LogP contribution is 2.28. The van der Waals surface area contributed by atoms with Crippen molar-refractivity contribution in [3.63, 3.8) is 0 Å². The topological polar surface area (TPSA) is 106 Å². The van der Waals surface area contributed by atoms with Crippen molar-refractivity contribution in [3.05, 3.63) is 59.2 Å². The first kappa shape index (κ1) is 25.1. The summed E-state index contributed by atoms with van der Waals surface area (Å²) in [7, 11) is 0.